The van der Waals surface area contributed by atoms with Crippen LogP contribution in [-0.4, -0.2) is 24.0 Å². The Hall–Kier alpha value is -1.59. The third-order valence-electron chi connectivity index (χ3n) is 1.94. The van der Waals surface area contributed by atoms with Gasteiger partial charge in [-0.2, -0.15) is 4.39 Å². The van der Waals surface area contributed by atoms with Gasteiger partial charge in [-0.3, -0.25) is 5.21 Å². The topological polar surface area (TPSA) is 61.7 Å². The molecule has 0 saturated carbocycles. The molecule has 0 aliphatic rings. The fourth-order valence-electron chi connectivity index (χ4n) is 1.17. The minimum atomic E-state index is -0.981. The summed E-state index contributed by atoms with van der Waals surface area (Å²) in [6, 6.07) is 6.52. The van der Waals surface area contributed by atoms with Gasteiger partial charge < -0.3 is 9.84 Å². The van der Waals surface area contributed by atoms with Crippen LogP contribution in [0.15, 0.2) is 30.2 Å². The van der Waals surface area contributed by atoms with Gasteiger partial charge in [0.2, 0.25) is 5.95 Å². The molecule has 0 amide bonds. The van der Waals surface area contributed by atoms with Crippen molar-refractivity contribution in [3.8, 4) is 5.75 Å². The molecule has 0 unspecified atom stereocenters. The molecule has 82 valence electrons. The fourth-order valence-corrected chi connectivity index (χ4v) is 1.17. The average molecular weight is 213 g/mol. The quantitative estimate of drug-likeness (QED) is 0.521. The Morgan fingerprint density at radius 3 is 2.80 bits per heavy atom. The summed E-state index contributed by atoms with van der Waals surface area (Å²) in [5.74, 6) is -0.435. The molecule has 0 aliphatic carbocycles. The van der Waals surface area contributed by atoms with Crippen molar-refractivity contribution in [2.75, 3.05) is 13.7 Å². The number of nitrogens with one attached hydrogen (secondary N) is 1. The van der Waals surface area contributed by atoms with Crippen LogP contribution in [0.1, 0.15) is 5.56 Å². The molecule has 0 atom stereocenters. The van der Waals surface area contributed by atoms with Gasteiger partial charge in [-0.1, -0.05) is 12.1 Å². The van der Waals surface area contributed by atoms with Gasteiger partial charge in [-0.25, -0.2) is 5.48 Å². The molecule has 1 rings (SSSR count). The zero-order valence-electron chi connectivity index (χ0n) is 8.20. The van der Waals surface area contributed by atoms with E-state index in [1.807, 2.05) is 0 Å². The molecule has 3 N–H and O–H groups in total. The van der Waals surface area contributed by atoms with E-state index >= 15 is 0 Å². The van der Waals surface area contributed by atoms with E-state index in [1.54, 1.807) is 24.3 Å². The van der Waals surface area contributed by atoms with E-state index in [1.165, 1.54) is 12.6 Å². The number of benzene rings is 1. The summed E-state index contributed by atoms with van der Waals surface area (Å²) in [5, 5.41) is 17.4. The normalized spacial score (nSPS) is 12.0. The van der Waals surface area contributed by atoms with Crippen LogP contribution in [-0.2, 0) is 0 Å². The van der Waals surface area contributed by atoms with Gasteiger partial charge in [-0.15, -0.1) is 0 Å². The van der Waals surface area contributed by atoms with Gasteiger partial charge in [0.15, 0.2) is 0 Å². The third-order valence-corrected chi connectivity index (χ3v) is 1.94. The number of hydrogen-bond donors (Lipinski definition) is 3. The van der Waals surface area contributed by atoms with Crippen molar-refractivity contribution < 1.29 is 19.4 Å². The molecule has 0 heterocycles. The van der Waals surface area contributed by atoms with Gasteiger partial charge in [-0.05, 0) is 17.7 Å². The molecule has 0 aliphatic heterocycles. The molecular formula is C10H12FNO3. The Balaban J connectivity index is 3.13. The van der Waals surface area contributed by atoms with Crippen LogP contribution in [0.4, 0.5) is 4.39 Å². The maximum Gasteiger partial charge on any atom is 0.216 e. The molecule has 15 heavy (non-hydrogen) atoms. The van der Waals surface area contributed by atoms with Crippen molar-refractivity contribution >= 4 is 5.57 Å². The van der Waals surface area contributed by atoms with Crippen LogP contribution in [0.5, 0.6) is 5.75 Å². The first-order valence-electron chi connectivity index (χ1n) is 4.27. The second kappa shape index (κ2) is 5.33. The lowest BCUT2D eigenvalue weighted by molar-refractivity contribution is 0.170. The van der Waals surface area contributed by atoms with Gasteiger partial charge in [0, 0.05) is 5.57 Å². The molecular weight excluding hydrogens is 201 g/mol. The van der Waals surface area contributed by atoms with Crippen molar-refractivity contribution in [1.29, 1.82) is 0 Å². The number of aliphatic hydroxyl groups is 1. The predicted octanol–water partition coefficient (Wildman–Crippen LogP) is 1.30. The fraction of sp³-hybridized carbons (Fsp3) is 0.200. The molecule has 0 radical (unpaired) electrons. The van der Waals surface area contributed by atoms with E-state index in [0.29, 0.717) is 11.3 Å². The zero-order chi connectivity index (χ0) is 11.3. The lowest BCUT2D eigenvalue weighted by Gasteiger charge is -2.07. The lowest BCUT2D eigenvalue weighted by Crippen LogP contribution is -2.07. The van der Waals surface area contributed by atoms with Gasteiger partial charge in [0.25, 0.3) is 0 Å². The van der Waals surface area contributed by atoms with Crippen molar-refractivity contribution in [3.63, 3.8) is 0 Å². The highest BCUT2D eigenvalue weighted by Gasteiger charge is 2.08. The van der Waals surface area contributed by atoms with E-state index < -0.39 is 12.6 Å². The molecule has 0 spiro atoms. The highest BCUT2D eigenvalue weighted by molar-refractivity contribution is 5.68. The highest BCUT2D eigenvalue weighted by Crippen LogP contribution is 2.22. The zero-order valence-corrected chi connectivity index (χ0v) is 8.20. The first-order chi connectivity index (χ1) is 7.22. The van der Waals surface area contributed by atoms with Crippen LogP contribution in [0.25, 0.3) is 5.57 Å². The summed E-state index contributed by atoms with van der Waals surface area (Å²) in [6.45, 7) is -0.521. The predicted molar refractivity (Wildman–Crippen MR) is 53.0 cm³/mol. The number of halogens is 1. The number of ether oxygens (including phenoxy) is 1. The molecule has 1 aromatic carbocycles. The Morgan fingerprint density at radius 2 is 2.27 bits per heavy atom. The third kappa shape index (κ3) is 2.68. The van der Waals surface area contributed by atoms with Gasteiger partial charge in [0.1, 0.15) is 5.75 Å². The Kier molecular flexibility index (Phi) is 4.08. The minimum absolute atomic E-state index is 0.0311. The summed E-state index contributed by atoms with van der Waals surface area (Å²) >= 11 is 0. The largest absolute Gasteiger partial charge is 0.497 e. The molecule has 0 aromatic heterocycles. The summed E-state index contributed by atoms with van der Waals surface area (Å²) in [5.41, 5.74) is 1.77. The first-order valence-corrected chi connectivity index (χ1v) is 4.27. The smallest absolute Gasteiger partial charge is 0.216 e. The van der Waals surface area contributed by atoms with Gasteiger partial charge in [0.05, 0.1) is 13.7 Å². The van der Waals surface area contributed by atoms with Crippen LogP contribution < -0.4 is 10.2 Å². The number of methoxy groups -OCH3 is 1. The monoisotopic (exact) mass is 213 g/mol. The van der Waals surface area contributed by atoms with Crippen molar-refractivity contribution in [2.45, 2.75) is 0 Å². The van der Waals surface area contributed by atoms with E-state index in [4.69, 9.17) is 15.1 Å². The van der Waals surface area contributed by atoms with Gasteiger partial charge >= 0.3 is 0 Å². The first kappa shape index (κ1) is 11.5. The van der Waals surface area contributed by atoms with E-state index in [-0.39, 0.29) is 5.57 Å². The second-order valence-electron chi connectivity index (χ2n) is 2.79. The van der Waals surface area contributed by atoms with Crippen molar-refractivity contribution in [2.24, 2.45) is 0 Å². The van der Waals surface area contributed by atoms with Crippen LogP contribution in [0.2, 0.25) is 0 Å². The van der Waals surface area contributed by atoms with E-state index in [9.17, 15) is 4.39 Å². The molecule has 1 aromatic rings. The van der Waals surface area contributed by atoms with Crippen LogP contribution in [0, 0.1) is 0 Å². The molecule has 5 heteroatoms. The van der Waals surface area contributed by atoms with Crippen LogP contribution in [0.3, 0.4) is 0 Å². The number of aliphatic hydroxyl groups excluding tert-OH is 1. The Labute approximate surface area is 86.6 Å². The molecule has 0 bridgehead atoms. The molecule has 0 saturated heterocycles. The van der Waals surface area contributed by atoms with Crippen molar-refractivity contribution in [1.82, 2.24) is 5.48 Å². The summed E-state index contributed by atoms with van der Waals surface area (Å²) < 4.78 is 18.0. The summed E-state index contributed by atoms with van der Waals surface area (Å²) in [7, 11) is 1.49. The van der Waals surface area contributed by atoms with E-state index in [2.05, 4.69) is 0 Å². The Morgan fingerprint density at radius 1 is 1.53 bits per heavy atom. The summed E-state index contributed by atoms with van der Waals surface area (Å²) in [4.78, 5) is 0. The lowest BCUT2D eigenvalue weighted by atomic mass is 10.1. The molecule has 4 nitrogen and oxygen atoms in total. The standard InChI is InChI=1S/C10H12FNO3/c1-15-8-4-2-3-7(5-8)9(6-13)10(11)12-14/h2-5,12-14H,6H2,1H3/b10-9+. The minimum Gasteiger partial charge on any atom is -0.497 e. The average Bonchev–Trinajstić information content (AvgIpc) is 2.30. The highest BCUT2D eigenvalue weighted by atomic mass is 19.1. The Bertz CT molecular complexity index is 365. The van der Waals surface area contributed by atoms with E-state index in [0.717, 1.165) is 0 Å². The SMILES string of the molecule is COc1cccc(/C(CO)=C(\F)NO)c1. The maximum absolute atomic E-state index is 13.0. The molecule has 0 fully saturated rings. The van der Waals surface area contributed by atoms with Crippen LogP contribution >= 0.6 is 0 Å². The summed E-state index contributed by atoms with van der Waals surface area (Å²) in [6.07, 6.45) is 0. The van der Waals surface area contributed by atoms with Crippen molar-refractivity contribution in [3.05, 3.63) is 35.8 Å². The maximum atomic E-state index is 13.0. The number of hydroxylamine groups is 1. The number of rotatable bonds is 4. The number of hydrogen-bond acceptors (Lipinski definition) is 4. The second-order valence-corrected chi connectivity index (χ2v) is 2.79.